The average molecular weight is 322 g/mol. The summed E-state index contributed by atoms with van der Waals surface area (Å²) in [6, 6.07) is 17.4. The molecule has 124 valence electrons. The largest absolute Gasteiger partial charge is 0.312 e. The molecule has 0 N–H and O–H groups in total. The van der Waals surface area contributed by atoms with Crippen LogP contribution in [0.3, 0.4) is 0 Å². The molecule has 0 aliphatic carbocycles. The first kappa shape index (κ1) is 16.2. The Morgan fingerprint density at radius 2 is 1.79 bits per heavy atom. The number of nitrogens with zero attached hydrogens (tertiary/aromatic N) is 2. The van der Waals surface area contributed by atoms with Crippen LogP contribution >= 0.6 is 0 Å². The molecule has 1 fully saturated rings. The summed E-state index contributed by atoms with van der Waals surface area (Å²) in [5.41, 5.74) is 2.83. The van der Waals surface area contributed by atoms with Gasteiger partial charge in [-0.25, -0.2) is 0 Å². The van der Waals surface area contributed by atoms with Crippen molar-refractivity contribution in [3.05, 3.63) is 60.2 Å². The highest BCUT2D eigenvalue weighted by molar-refractivity contribution is 6.04. The summed E-state index contributed by atoms with van der Waals surface area (Å²) in [5.74, 6) is -0.253. The number of aryl methyl sites for hydroxylation is 1. The minimum Gasteiger partial charge on any atom is -0.312 e. The highest BCUT2D eigenvalue weighted by Gasteiger charge is 2.37. The molecule has 0 radical (unpaired) electrons. The summed E-state index contributed by atoms with van der Waals surface area (Å²) in [5, 5.41) is 0. The van der Waals surface area contributed by atoms with Gasteiger partial charge in [0.1, 0.15) is 0 Å². The van der Waals surface area contributed by atoms with Gasteiger partial charge in [-0.1, -0.05) is 36.4 Å². The lowest BCUT2D eigenvalue weighted by atomic mass is 10.1. The Labute approximate surface area is 142 Å². The van der Waals surface area contributed by atoms with E-state index in [0.717, 1.165) is 16.9 Å². The van der Waals surface area contributed by atoms with Crippen LogP contribution in [0.2, 0.25) is 0 Å². The van der Waals surface area contributed by atoms with E-state index in [1.54, 1.807) is 9.80 Å². The Morgan fingerprint density at radius 1 is 1.12 bits per heavy atom. The summed E-state index contributed by atoms with van der Waals surface area (Å²) in [4.78, 5) is 28.9. The van der Waals surface area contributed by atoms with E-state index >= 15 is 0 Å². The fraction of sp³-hybridized carbons (Fsp3) is 0.300. The lowest BCUT2D eigenvalue weighted by Gasteiger charge is -2.24. The number of hydrogen-bond donors (Lipinski definition) is 0. The third-order valence-corrected chi connectivity index (χ3v) is 4.53. The van der Waals surface area contributed by atoms with Gasteiger partial charge in [-0.3, -0.25) is 9.59 Å². The maximum absolute atomic E-state index is 12.9. The Morgan fingerprint density at radius 3 is 2.46 bits per heavy atom. The molecule has 24 heavy (non-hydrogen) atoms. The number of benzene rings is 2. The number of anilines is 2. The Kier molecular flexibility index (Phi) is 4.65. The van der Waals surface area contributed by atoms with Crippen LogP contribution in [0, 0.1) is 12.8 Å². The van der Waals surface area contributed by atoms with Crippen molar-refractivity contribution in [1.29, 1.82) is 0 Å². The van der Waals surface area contributed by atoms with Crippen molar-refractivity contribution < 1.29 is 9.59 Å². The second-order valence-corrected chi connectivity index (χ2v) is 6.11. The van der Waals surface area contributed by atoms with E-state index in [2.05, 4.69) is 0 Å². The summed E-state index contributed by atoms with van der Waals surface area (Å²) < 4.78 is 0. The molecule has 0 aromatic heterocycles. The zero-order chi connectivity index (χ0) is 17.1. The van der Waals surface area contributed by atoms with Crippen LogP contribution in [0.1, 0.15) is 18.9 Å². The Hall–Kier alpha value is -2.62. The third-order valence-electron chi connectivity index (χ3n) is 4.53. The maximum atomic E-state index is 12.9. The standard InChI is InChI=1S/C20H22N2O2/c1-3-21(17-10-5-4-6-11-17)20(24)16-13-19(23)22(14-16)18-12-8-7-9-15(18)2/h4-12,16H,3,13-14H2,1-2H3. The quantitative estimate of drug-likeness (QED) is 0.865. The molecular weight excluding hydrogens is 300 g/mol. The molecular formula is C20H22N2O2. The van der Waals surface area contributed by atoms with Gasteiger partial charge in [0.15, 0.2) is 0 Å². The van der Waals surface area contributed by atoms with Crippen LogP contribution in [0.4, 0.5) is 11.4 Å². The maximum Gasteiger partial charge on any atom is 0.232 e. The number of carbonyl (C=O) groups is 2. The lowest BCUT2D eigenvalue weighted by Crippen LogP contribution is -2.37. The van der Waals surface area contributed by atoms with Gasteiger partial charge in [0.2, 0.25) is 11.8 Å². The highest BCUT2D eigenvalue weighted by Crippen LogP contribution is 2.29. The molecule has 0 spiro atoms. The van der Waals surface area contributed by atoms with Gasteiger partial charge in [-0.2, -0.15) is 0 Å². The van der Waals surface area contributed by atoms with Crippen LogP contribution in [-0.4, -0.2) is 24.9 Å². The molecule has 1 heterocycles. The molecule has 1 aliphatic rings. The van der Waals surface area contributed by atoms with Crippen molar-refractivity contribution in [2.24, 2.45) is 5.92 Å². The van der Waals surface area contributed by atoms with Crippen LogP contribution in [0.25, 0.3) is 0 Å². The predicted molar refractivity (Wildman–Crippen MR) is 96.1 cm³/mol. The molecule has 4 nitrogen and oxygen atoms in total. The lowest BCUT2D eigenvalue weighted by molar-refractivity contribution is -0.124. The van der Waals surface area contributed by atoms with E-state index in [0.29, 0.717) is 13.1 Å². The molecule has 2 aromatic rings. The molecule has 2 amide bonds. The van der Waals surface area contributed by atoms with Crippen molar-refractivity contribution in [3.8, 4) is 0 Å². The SMILES string of the molecule is CCN(C(=O)C1CC(=O)N(c2ccccc2C)C1)c1ccccc1. The van der Waals surface area contributed by atoms with Gasteiger partial charge in [0, 0.05) is 30.9 Å². The van der Waals surface area contributed by atoms with Gasteiger partial charge in [0.05, 0.1) is 5.92 Å². The number of carbonyl (C=O) groups excluding carboxylic acids is 2. The first-order valence-electron chi connectivity index (χ1n) is 8.34. The van der Waals surface area contributed by atoms with Crippen molar-refractivity contribution in [2.45, 2.75) is 20.3 Å². The van der Waals surface area contributed by atoms with Gasteiger partial charge in [-0.05, 0) is 37.6 Å². The minimum atomic E-state index is -0.294. The van der Waals surface area contributed by atoms with E-state index in [9.17, 15) is 9.59 Å². The minimum absolute atomic E-state index is 0.0202. The molecule has 1 atom stereocenters. The molecule has 1 aliphatic heterocycles. The first-order chi connectivity index (χ1) is 11.6. The monoisotopic (exact) mass is 322 g/mol. The molecule has 4 heteroatoms. The van der Waals surface area contributed by atoms with Gasteiger partial charge < -0.3 is 9.80 Å². The topological polar surface area (TPSA) is 40.6 Å². The summed E-state index contributed by atoms with van der Waals surface area (Å²) in [7, 11) is 0. The second-order valence-electron chi connectivity index (χ2n) is 6.11. The first-order valence-corrected chi connectivity index (χ1v) is 8.34. The van der Waals surface area contributed by atoms with E-state index in [-0.39, 0.29) is 24.2 Å². The zero-order valence-electron chi connectivity index (χ0n) is 14.1. The summed E-state index contributed by atoms with van der Waals surface area (Å²) >= 11 is 0. The van der Waals surface area contributed by atoms with Crippen molar-refractivity contribution in [2.75, 3.05) is 22.9 Å². The van der Waals surface area contributed by atoms with Crippen molar-refractivity contribution in [3.63, 3.8) is 0 Å². The summed E-state index contributed by atoms with van der Waals surface area (Å²) in [6.45, 7) is 4.99. The van der Waals surface area contributed by atoms with E-state index < -0.39 is 0 Å². The van der Waals surface area contributed by atoms with Crippen LogP contribution in [0.15, 0.2) is 54.6 Å². The van der Waals surface area contributed by atoms with Gasteiger partial charge in [-0.15, -0.1) is 0 Å². The van der Waals surface area contributed by atoms with Crippen LogP contribution in [-0.2, 0) is 9.59 Å². The van der Waals surface area contributed by atoms with Crippen LogP contribution < -0.4 is 9.80 Å². The Balaban J connectivity index is 1.80. The van der Waals surface area contributed by atoms with E-state index in [1.807, 2.05) is 68.4 Å². The van der Waals surface area contributed by atoms with Gasteiger partial charge >= 0.3 is 0 Å². The fourth-order valence-electron chi connectivity index (χ4n) is 3.27. The van der Waals surface area contributed by atoms with Crippen LogP contribution in [0.5, 0.6) is 0 Å². The van der Waals surface area contributed by atoms with E-state index in [4.69, 9.17) is 0 Å². The van der Waals surface area contributed by atoms with Crippen molar-refractivity contribution >= 4 is 23.2 Å². The highest BCUT2D eigenvalue weighted by atomic mass is 16.2. The number of para-hydroxylation sites is 2. The molecule has 1 unspecified atom stereocenters. The number of amides is 2. The second kappa shape index (κ2) is 6.87. The van der Waals surface area contributed by atoms with Crippen molar-refractivity contribution in [1.82, 2.24) is 0 Å². The normalized spacial score (nSPS) is 17.2. The fourth-order valence-corrected chi connectivity index (χ4v) is 3.27. The van der Waals surface area contributed by atoms with E-state index in [1.165, 1.54) is 0 Å². The molecule has 0 bridgehead atoms. The number of rotatable bonds is 4. The molecule has 1 saturated heterocycles. The summed E-state index contributed by atoms with van der Waals surface area (Å²) in [6.07, 6.45) is 0.274. The molecule has 3 rings (SSSR count). The molecule has 2 aromatic carbocycles. The predicted octanol–water partition coefficient (Wildman–Crippen LogP) is 3.40. The average Bonchev–Trinajstić information content (AvgIpc) is 2.98. The smallest absolute Gasteiger partial charge is 0.232 e. The third kappa shape index (κ3) is 3.04. The zero-order valence-corrected chi connectivity index (χ0v) is 14.1. The number of hydrogen-bond acceptors (Lipinski definition) is 2. The molecule has 0 saturated carbocycles. The Bertz CT molecular complexity index is 742. The van der Waals surface area contributed by atoms with Gasteiger partial charge in [0.25, 0.3) is 0 Å².